The van der Waals surface area contributed by atoms with Gasteiger partial charge in [0.2, 0.25) is 0 Å². The average molecular weight is 173 g/mol. The van der Waals surface area contributed by atoms with Gasteiger partial charge in [-0.1, -0.05) is 18.2 Å². The number of aromatic nitrogens is 2. The third-order valence-electron chi connectivity index (χ3n) is 1.98. The third kappa shape index (κ3) is 1.34. The molecule has 0 saturated heterocycles. The zero-order valence-electron chi connectivity index (χ0n) is 7.20. The summed E-state index contributed by atoms with van der Waals surface area (Å²) >= 11 is 0. The van der Waals surface area contributed by atoms with Crippen molar-refractivity contribution in [3.8, 4) is 0 Å². The largest absolute Gasteiger partial charge is 0.340 e. The fourth-order valence-electron chi connectivity index (χ4n) is 1.24. The van der Waals surface area contributed by atoms with E-state index in [4.69, 9.17) is 5.73 Å². The summed E-state index contributed by atoms with van der Waals surface area (Å²) in [5, 5.41) is 0. The van der Waals surface area contributed by atoms with Crippen molar-refractivity contribution in [1.29, 1.82) is 0 Å². The van der Waals surface area contributed by atoms with E-state index in [1.54, 1.807) is 6.08 Å². The highest BCUT2D eigenvalue weighted by atomic mass is 15.0. The fraction of sp³-hybridized carbons (Fsp3) is 0.100. The molecule has 3 nitrogen and oxygen atoms in total. The van der Waals surface area contributed by atoms with Gasteiger partial charge in [-0.05, 0) is 12.1 Å². The van der Waals surface area contributed by atoms with Crippen LogP contribution in [0.3, 0.4) is 0 Å². The van der Waals surface area contributed by atoms with Crippen LogP contribution >= 0.6 is 0 Å². The lowest BCUT2D eigenvalue weighted by molar-refractivity contribution is 0.838. The Bertz CT molecular complexity index is 397. The Hall–Kier alpha value is -1.61. The first-order valence-corrected chi connectivity index (χ1v) is 4.14. The normalized spacial score (nSPS) is 13.0. The lowest BCUT2D eigenvalue weighted by atomic mass is 10.3. The van der Waals surface area contributed by atoms with Crippen LogP contribution in [-0.2, 0) is 0 Å². The molecular weight excluding hydrogens is 162 g/mol. The number of nitrogens with zero attached hydrogens (tertiary/aromatic N) is 1. The number of para-hydroxylation sites is 2. The number of H-pyrrole nitrogens is 1. The number of hydrogen-bond donors (Lipinski definition) is 2. The van der Waals surface area contributed by atoms with Crippen molar-refractivity contribution in [3.63, 3.8) is 0 Å². The Morgan fingerprint density at radius 3 is 2.92 bits per heavy atom. The zero-order valence-corrected chi connectivity index (χ0v) is 7.20. The standard InChI is InChI=1S/C10H11N3/c1-2-7(11)10-12-8-5-3-4-6-9(8)13-10/h2-7H,1,11H2,(H,12,13). The van der Waals surface area contributed by atoms with Gasteiger partial charge in [0.15, 0.2) is 0 Å². The Labute approximate surface area is 76.3 Å². The minimum Gasteiger partial charge on any atom is -0.340 e. The van der Waals surface area contributed by atoms with Crippen molar-refractivity contribution in [2.45, 2.75) is 6.04 Å². The van der Waals surface area contributed by atoms with Gasteiger partial charge in [0.05, 0.1) is 17.1 Å². The minimum absolute atomic E-state index is 0.215. The number of aromatic amines is 1. The molecule has 1 aromatic heterocycles. The maximum Gasteiger partial charge on any atom is 0.128 e. The molecular formula is C10H11N3. The van der Waals surface area contributed by atoms with Gasteiger partial charge in [0.1, 0.15) is 5.82 Å². The first-order valence-electron chi connectivity index (χ1n) is 4.14. The average Bonchev–Trinajstić information content (AvgIpc) is 2.59. The van der Waals surface area contributed by atoms with E-state index in [1.807, 2.05) is 24.3 Å². The maximum absolute atomic E-state index is 5.75. The molecule has 0 radical (unpaired) electrons. The highest BCUT2D eigenvalue weighted by Gasteiger charge is 2.06. The van der Waals surface area contributed by atoms with Gasteiger partial charge in [-0.2, -0.15) is 0 Å². The summed E-state index contributed by atoms with van der Waals surface area (Å²) in [4.78, 5) is 7.47. The van der Waals surface area contributed by atoms with E-state index in [-0.39, 0.29) is 6.04 Å². The number of imidazole rings is 1. The second kappa shape index (κ2) is 3.03. The van der Waals surface area contributed by atoms with Crippen LogP contribution in [0.2, 0.25) is 0 Å². The van der Waals surface area contributed by atoms with Crippen LogP contribution in [0.5, 0.6) is 0 Å². The first-order chi connectivity index (χ1) is 6.31. The Kier molecular flexibility index (Phi) is 1.87. The maximum atomic E-state index is 5.75. The summed E-state index contributed by atoms with van der Waals surface area (Å²) in [7, 11) is 0. The quantitative estimate of drug-likeness (QED) is 0.680. The molecule has 66 valence electrons. The van der Waals surface area contributed by atoms with Gasteiger partial charge < -0.3 is 10.7 Å². The number of fused-ring (bicyclic) bond motifs is 1. The molecule has 0 aliphatic rings. The van der Waals surface area contributed by atoms with E-state index in [9.17, 15) is 0 Å². The van der Waals surface area contributed by atoms with Gasteiger partial charge in [0, 0.05) is 0 Å². The predicted molar refractivity (Wildman–Crippen MR) is 53.2 cm³/mol. The lowest BCUT2D eigenvalue weighted by Crippen LogP contribution is -2.07. The molecule has 1 atom stereocenters. The van der Waals surface area contributed by atoms with Crippen LogP contribution < -0.4 is 5.73 Å². The number of nitrogens with two attached hydrogens (primary N) is 1. The van der Waals surface area contributed by atoms with E-state index >= 15 is 0 Å². The van der Waals surface area contributed by atoms with Crippen molar-refractivity contribution < 1.29 is 0 Å². The van der Waals surface area contributed by atoms with Crippen LogP contribution in [0.25, 0.3) is 11.0 Å². The van der Waals surface area contributed by atoms with Crippen molar-refractivity contribution >= 4 is 11.0 Å². The molecule has 13 heavy (non-hydrogen) atoms. The molecule has 0 saturated carbocycles. The van der Waals surface area contributed by atoms with Gasteiger partial charge in [-0.25, -0.2) is 4.98 Å². The van der Waals surface area contributed by atoms with Crippen LogP contribution in [0.4, 0.5) is 0 Å². The molecule has 3 heteroatoms. The van der Waals surface area contributed by atoms with Crippen molar-refractivity contribution in [3.05, 3.63) is 42.7 Å². The first kappa shape index (κ1) is 8.01. The SMILES string of the molecule is C=CC(N)c1nc2ccccc2[nH]1. The fourth-order valence-corrected chi connectivity index (χ4v) is 1.24. The van der Waals surface area contributed by atoms with E-state index in [0.29, 0.717) is 0 Å². The Morgan fingerprint density at radius 1 is 1.46 bits per heavy atom. The number of rotatable bonds is 2. The zero-order chi connectivity index (χ0) is 9.26. The summed E-state index contributed by atoms with van der Waals surface area (Å²) < 4.78 is 0. The minimum atomic E-state index is -0.215. The molecule has 0 amide bonds. The van der Waals surface area contributed by atoms with Crippen molar-refractivity contribution in [2.75, 3.05) is 0 Å². The molecule has 0 aliphatic heterocycles. The Balaban J connectivity index is 2.55. The molecule has 1 aromatic carbocycles. The molecule has 2 aromatic rings. The molecule has 0 fully saturated rings. The summed E-state index contributed by atoms with van der Waals surface area (Å²) in [6.45, 7) is 3.62. The highest BCUT2D eigenvalue weighted by molar-refractivity contribution is 5.74. The van der Waals surface area contributed by atoms with Crippen LogP contribution in [0.15, 0.2) is 36.9 Å². The molecule has 1 heterocycles. The smallest absolute Gasteiger partial charge is 0.128 e. The number of benzene rings is 1. The van der Waals surface area contributed by atoms with Crippen molar-refractivity contribution in [2.24, 2.45) is 5.73 Å². The highest BCUT2D eigenvalue weighted by Crippen LogP contribution is 2.14. The van der Waals surface area contributed by atoms with E-state index in [0.717, 1.165) is 16.9 Å². The monoisotopic (exact) mass is 173 g/mol. The topological polar surface area (TPSA) is 54.7 Å². The van der Waals surface area contributed by atoms with Gasteiger partial charge in [-0.15, -0.1) is 6.58 Å². The van der Waals surface area contributed by atoms with E-state index in [2.05, 4.69) is 16.5 Å². The number of nitrogens with one attached hydrogen (secondary N) is 1. The summed E-state index contributed by atoms with van der Waals surface area (Å²) in [5.74, 6) is 0.760. The van der Waals surface area contributed by atoms with E-state index < -0.39 is 0 Å². The van der Waals surface area contributed by atoms with Crippen LogP contribution in [0, 0.1) is 0 Å². The Morgan fingerprint density at radius 2 is 2.23 bits per heavy atom. The summed E-state index contributed by atoms with van der Waals surface area (Å²) in [5.41, 5.74) is 7.70. The van der Waals surface area contributed by atoms with Crippen LogP contribution in [-0.4, -0.2) is 9.97 Å². The van der Waals surface area contributed by atoms with Gasteiger partial charge >= 0.3 is 0 Å². The van der Waals surface area contributed by atoms with E-state index in [1.165, 1.54) is 0 Å². The van der Waals surface area contributed by atoms with Gasteiger partial charge in [-0.3, -0.25) is 0 Å². The van der Waals surface area contributed by atoms with Crippen molar-refractivity contribution in [1.82, 2.24) is 9.97 Å². The molecule has 0 aliphatic carbocycles. The van der Waals surface area contributed by atoms with Crippen LogP contribution in [0.1, 0.15) is 11.9 Å². The predicted octanol–water partition coefficient (Wildman–Crippen LogP) is 1.75. The summed E-state index contributed by atoms with van der Waals surface area (Å²) in [6.07, 6.45) is 1.66. The number of hydrogen-bond acceptors (Lipinski definition) is 2. The second-order valence-electron chi connectivity index (χ2n) is 2.90. The third-order valence-corrected chi connectivity index (χ3v) is 1.98. The molecule has 1 unspecified atom stereocenters. The summed E-state index contributed by atoms with van der Waals surface area (Å²) in [6, 6.07) is 7.62. The molecule has 0 spiro atoms. The molecule has 0 bridgehead atoms. The lowest BCUT2D eigenvalue weighted by Gasteiger charge is -1.98. The second-order valence-corrected chi connectivity index (χ2v) is 2.90. The van der Waals surface area contributed by atoms with Gasteiger partial charge in [0.25, 0.3) is 0 Å². The molecule has 3 N–H and O–H groups in total. The molecule has 2 rings (SSSR count).